The van der Waals surface area contributed by atoms with Gasteiger partial charge in [-0.15, -0.1) is 0 Å². The number of aromatic nitrogens is 3. The summed E-state index contributed by atoms with van der Waals surface area (Å²) in [5, 5.41) is 6.53. The van der Waals surface area contributed by atoms with Crippen molar-refractivity contribution in [2.24, 2.45) is 0 Å². The van der Waals surface area contributed by atoms with E-state index in [1.54, 1.807) is 50.2 Å². The van der Waals surface area contributed by atoms with Gasteiger partial charge in [0.2, 0.25) is 5.89 Å². The van der Waals surface area contributed by atoms with Crippen LogP contribution >= 0.6 is 0 Å². The molecule has 0 spiro atoms. The highest BCUT2D eigenvalue weighted by Crippen LogP contribution is 2.22. The first kappa shape index (κ1) is 15.8. The molecule has 3 rings (SSSR count). The van der Waals surface area contributed by atoms with E-state index in [9.17, 15) is 9.18 Å². The summed E-state index contributed by atoms with van der Waals surface area (Å²) in [5.74, 6) is -0.412. The predicted molar refractivity (Wildman–Crippen MR) is 83.7 cm³/mol. The number of nitrogens with one attached hydrogen (secondary N) is 1. The van der Waals surface area contributed by atoms with Gasteiger partial charge >= 0.3 is 0 Å². The van der Waals surface area contributed by atoms with Gasteiger partial charge in [0, 0.05) is 18.2 Å². The molecule has 0 aliphatic heterocycles. The Bertz CT molecular complexity index is 878. The summed E-state index contributed by atoms with van der Waals surface area (Å²) in [7, 11) is 0. The summed E-state index contributed by atoms with van der Waals surface area (Å²) in [5.41, 5.74) is 1.19. The third kappa shape index (κ3) is 3.29. The lowest BCUT2D eigenvalue weighted by atomic mass is 10.1. The smallest absolute Gasteiger partial charge is 0.270 e. The second kappa shape index (κ2) is 6.57. The van der Waals surface area contributed by atoms with Crippen molar-refractivity contribution >= 4 is 5.91 Å². The molecule has 0 aliphatic rings. The number of hydrogen-bond acceptors (Lipinski definition) is 5. The van der Waals surface area contributed by atoms with Crippen molar-refractivity contribution in [3.8, 4) is 0 Å². The predicted octanol–water partition coefficient (Wildman–Crippen LogP) is 2.74. The van der Waals surface area contributed by atoms with Crippen molar-refractivity contribution in [1.29, 1.82) is 0 Å². The Hall–Kier alpha value is -3.09. The van der Waals surface area contributed by atoms with Gasteiger partial charge in [0.15, 0.2) is 5.82 Å². The Labute approximate surface area is 137 Å². The molecule has 1 N–H and O–H groups in total. The minimum atomic E-state index is -0.876. The van der Waals surface area contributed by atoms with Crippen LogP contribution < -0.4 is 5.32 Å². The van der Waals surface area contributed by atoms with Crippen LogP contribution in [0.15, 0.2) is 47.0 Å². The van der Waals surface area contributed by atoms with E-state index in [-0.39, 0.29) is 17.1 Å². The molecule has 0 bridgehead atoms. The zero-order valence-corrected chi connectivity index (χ0v) is 13.2. The molecular formula is C17H15FN4O2. The van der Waals surface area contributed by atoms with Gasteiger partial charge in [-0.3, -0.25) is 4.79 Å². The minimum Gasteiger partial charge on any atom is -0.340 e. The number of benzene rings is 1. The van der Waals surface area contributed by atoms with Crippen LogP contribution in [0.3, 0.4) is 0 Å². The number of carbonyl (C=O) groups excluding carboxylic acids is 1. The van der Waals surface area contributed by atoms with Gasteiger partial charge in [0.25, 0.3) is 5.91 Å². The summed E-state index contributed by atoms with van der Waals surface area (Å²) >= 11 is 0. The molecule has 0 fully saturated rings. The van der Waals surface area contributed by atoms with Crippen LogP contribution in [0.5, 0.6) is 0 Å². The van der Waals surface area contributed by atoms with Crippen LogP contribution in [0.2, 0.25) is 0 Å². The molecule has 6 nitrogen and oxygen atoms in total. The fraction of sp³-hybridized carbons (Fsp3) is 0.176. The lowest BCUT2D eigenvalue weighted by molar-refractivity contribution is 0.0935. The highest BCUT2D eigenvalue weighted by atomic mass is 19.1. The van der Waals surface area contributed by atoms with Gasteiger partial charge in [-0.25, -0.2) is 9.37 Å². The molecule has 0 unspecified atom stereocenters. The summed E-state index contributed by atoms with van der Waals surface area (Å²) in [6.07, 6.45) is 0. The van der Waals surface area contributed by atoms with Crippen molar-refractivity contribution in [3.05, 3.63) is 76.9 Å². The second-order valence-electron chi connectivity index (χ2n) is 5.26. The zero-order chi connectivity index (χ0) is 17.1. The molecule has 24 heavy (non-hydrogen) atoms. The molecule has 0 aliphatic carbocycles. The van der Waals surface area contributed by atoms with E-state index >= 15 is 0 Å². The van der Waals surface area contributed by atoms with Crippen LogP contribution in [-0.4, -0.2) is 21.0 Å². The van der Waals surface area contributed by atoms with Gasteiger partial charge in [-0.2, -0.15) is 4.98 Å². The number of carbonyl (C=O) groups is 1. The molecule has 0 saturated heterocycles. The van der Waals surface area contributed by atoms with E-state index in [0.717, 1.165) is 0 Å². The number of pyridine rings is 1. The molecule has 0 radical (unpaired) electrons. The first-order valence-electron chi connectivity index (χ1n) is 7.34. The normalized spacial score (nSPS) is 12.0. The van der Waals surface area contributed by atoms with Gasteiger partial charge in [-0.1, -0.05) is 29.4 Å². The Morgan fingerprint density at radius 1 is 1.12 bits per heavy atom. The highest BCUT2D eigenvalue weighted by molar-refractivity contribution is 5.92. The summed E-state index contributed by atoms with van der Waals surface area (Å²) in [4.78, 5) is 20.8. The van der Waals surface area contributed by atoms with E-state index in [1.807, 2.05) is 0 Å². The van der Waals surface area contributed by atoms with Crippen molar-refractivity contribution in [2.45, 2.75) is 19.9 Å². The van der Waals surface area contributed by atoms with Gasteiger partial charge in [0.05, 0.1) is 0 Å². The van der Waals surface area contributed by atoms with Crippen molar-refractivity contribution in [3.63, 3.8) is 0 Å². The van der Waals surface area contributed by atoms with Crippen LogP contribution in [0.1, 0.15) is 39.5 Å². The van der Waals surface area contributed by atoms with E-state index < -0.39 is 17.8 Å². The monoisotopic (exact) mass is 326 g/mol. The number of aryl methyl sites for hydroxylation is 2. The largest absolute Gasteiger partial charge is 0.340 e. The number of rotatable bonds is 4. The lowest BCUT2D eigenvalue weighted by Gasteiger charge is -2.16. The third-order valence-corrected chi connectivity index (χ3v) is 3.41. The number of hydrogen-bond donors (Lipinski definition) is 1. The summed E-state index contributed by atoms with van der Waals surface area (Å²) < 4.78 is 19.2. The summed E-state index contributed by atoms with van der Waals surface area (Å²) in [6.45, 7) is 3.41. The van der Waals surface area contributed by atoms with E-state index in [4.69, 9.17) is 4.52 Å². The van der Waals surface area contributed by atoms with Crippen molar-refractivity contribution < 1.29 is 13.7 Å². The molecular weight excluding hydrogens is 311 g/mol. The third-order valence-electron chi connectivity index (χ3n) is 3.41. The molecule has 2 aromatic heterocycles. The van der Waals surface area contributed by atoms with E-state index in [1.165, 1.54) is 6.07 Å². The van der Waals surface area contributed by atoms with Crippen LogP contribution in [0, 0.1) is 19.7 Å². The second-order valence-corrected chi connectivity index (χ2v) is 5.26. The maximum Gasteiger partial charge on any atom is 0.270 e. The average Bonchev–Trinajstić information content (AvgIpc) is 2.99. The molecule has 1 amide bonds. The minimum absolute atomic E-state index is 0.179. The Kier molecular flexibility index (Phi) is 4.33. The SMILES string of the molecule is Cc1cccc(C(=O)N[C@H](c2noc(C)n2)c2ccccc2F)n1. The molecule has 3 aromatic rings. The Morgan fingerprint density at radius 3 is 2.58 bits per heavy atom. The molecule has 2 heterocycles. The first-order chi connectivity index (χ1) is 11.5. The highest BCUT2D eigenvalue weighted by Gasteiger charge is 2.25. The van der Waals surface area contributed by atoms with Crippen LogP contribution in [-0.2, 0) is 0 Å². The van der Waals surface area contributed by atoms with Gasteiger partial charge in [-0.05, 0) is 25.1 Å². The molecule has 1 atom stereocenters. The van der Waals surface area contributed by atoms with Crippen LogP contribution in [0.25, 0.3) is 0 Å². The Morgan fingerprint density at radius 2 is 1.92 bits per heavy atom. The topological polar surface area (TPSA) is 80.9 Å². The molecule has 0 saturated carbocycles. The molecule has 122 valence electrons. The van der Waals surface area contributed by atoms with Gasteiger partial charge in [0.1, 0.15) is 17.6 Å². The average molecular weight is 326 g/mol. The van der Waals surface area contributed by atoms with Crippen molar-refractivity contribution in [1.82, 2.24) is 20.4 Å². The van der Waals surface area contributed by atoms with E-state index in [2.05, 4.69) is 20.4 Å². The molecule has 1 aromatic carbocycles. The fourth-order valence-electron chi connectivity index (χ4n) is 2.30. The Balaban J connectivity index is 1.96. The lowest BCUT2D eigenvalue weighted by Crippen LogP contribution is -2.31. The number of amides is 1. The zero-order valence-electron chi connectivity index (χ0n) is 13.2. The summed E-state index contributed by atoms with van der Waals surface area (Å²) in [6, 6.07) is 10.3. The van der Waals surface area contributed by atoms with E-state index in [0.29, 0.717) is 11.6 Å². The van der Waals surface area contributed by atoms with Crippen LogP contribution in [0.4, 0.5) is 4.39 Å². The maximum absolute atomic E-state index is 14.2. The van der Waals surface area contributed by atoms with Crippen molar-refractivity contribution in [2.75, 3.05) is 0 Å². The number of nitrogens with zero attached hydrogens (tertiary/aromatic N) is 3. The first-order valence-corrected chi connectivity index (χ1v) is 7.34. The fourth-order valence-corrected chi connectivity index (χ4v) is 2.30. The van der Waals surface area contributed by atoms with Gasteiger partial charge < -0.3 is 9.84 Å². The molecule has 7 heteroatoms. The quantitative estimate of drug-likeness (QED) is 0.797. The standard InChI is InChI=1S/C17H15FN4O2/c1-10-6-5-9-14(19-10)17(23)21-15(16-20-11(2)24-22-16)12-7-3-4-8-13(12)18/h3-9,15H,1-2H3,(H,21,23)/t15-/m0/s1. The number of halogens is 1. The maximum atomic E-state index is 14.2.